The van der Waals surface area contributed by atoms with Gasteiger partial charge in [-0.05, 0) is 42.9 Å². The van der Waals surface area contributed by atoms with Crippen molar-refractivity contribution >= 4 is 38.6 Å². The van der Waals surface area contributed by atoms with E-state index in [2.05, 4.69) is 25.0 Å². The summed E-state index contributed by atoms with van der Waals surface area (Å²) in [6.07, 6.45) is 6.36. The number of nitrogens with zero attached hydrogens (tertiary/aromatic N) is 5. The number of nitriles is 1. The molecule has 10 heteroatoms. The predicted octanol–water partition coefficient (Wildman–Crippen LogP) is 2.29. The smallest absolute Gasteiger partial charge is 0.229 e. The van der Waals surface area contributed by atoms with E-state index in [1.165, 1.54) is 48.4 Å². The molecule has 0 atom stereocenters. The summed E-state index contributed by atoms with van der Waals surface area (Å²) in [5.41, 5.74) is 0.506. The van der Waals surface area contributed by atoms with Crippen LogP contribution in [0.25, 0.3) is 4.72 Å². The molecule has 2 rings (SSSR count). The van der Waals surface area contributed by atoms with Crippen LogP contribution in [0.5, 0.6) is 0 Å². The van der Waals surface area contributed by atoms with E-state index >= 15 is 0 Å². The average Bonchev–Trinajstić information content (AvgIpc) is 2.55. The lowest BCUT2D eigenvalue weighted by atomic mass is 10.3. The van der Waals surface area contributed by atoms with Crippen LogP contribution in [0.4, 0.5) is 11.6 Å². The van der Waals surface area contributed by atoms with Crippen LogP contribution >= 0.6 is 11.8 Å². The maximum absolute atomic E-state index is 12.2. The minimum absolute atomic E-state index is 0.00264. The van der Waals surface area contributed by atoms with E-state index in [0.29, 0.717) is 10.9 Å². The summed E-state index contributed by atoms with van der Waals surface area (Å²) in [5.74, 6) is -0.127. The third-order valence-corrected chi connectivity index (χ3v) is 4.33. The molecule has 0 amide bonds. The zero-order valence-electron chi connectivity index (χ0n) is 11.9. The molecule has 0 aliphatic rings. The first kappa shape index (κ1) is 16.7. The second kappa shape index (κ2) is 7.57. The minimum atomic E-state index is -3.90. The molecule has 2 aromatic rings. The first-order chi connectivity index (χ1) is 11.0. The Hall–Kier alpha value is -2.64. The molecule has 8 nitrogen and oxygen atoms in total. The van der Waals surface area contributed by atoms with Gasteiger partial charge in [0.1, 0.15) is 0 Å². The number of rotatable bonds is 4. The van der Waals surface area contributed by atoms with Crippen molar-refractivity contribution in [3.63, 3.8) is 0 Å². The predicted molar refractivity (Wildman–Crippen MR) is 88.0 cm³/mol. The standard InChI is InChI=1S/C13H11N6O2S2/c1-22-13(17-9-14)18-10-3-5-11(6-4-10)23(20,21)19-12-15-7-2-8-16-12/h2-8H,1H3,(H-,15,16,17,18,19)/q-1. The largest absolute Gasteiger partial charge is 0.366 e. The summed E-state index contributed by atoms with van der Waals surface area (Å²) in [7, 11) is -3.90. The van der Waals surface area contributed by atoms with Crippen LogP contribution in [0, 0.1) is 11.5 Å². The van der Waals surface area contributed by atoms with Gasteiger partial charge in [-0.1, -0.05) is 17.8 Å². The second-order valence-electron chi connectivity index (χ2n) is 3.97. The lowest BCUT2D eigenvalue weighted by Crippen LogP contribution is -2.12. The van der Waals surface area contributed by atoms with E-state index < -0.39 is 10.0 Å². The Morgan fingerprint density at radius 3 is 2.52 bits per heavy atom. The molecular weight excluding hydrogens is 336 g/mol. The third-order valence-electron chi connectivity index (χ3n) is 2.48. The van der Waals surface area contributed by atoms with Crippen molar-refractivity contribution in [2.75, 3.05) is 6.26 Å². The van der Waals surface area contributed by atoms with Crippen molar-refractivity contribution in [2.45, 2.75) is 4.90 Å². The molecule has 0 aliphatic carbocycles. The maximum Gasteiger partial charge on any atom is 0.229 e. The Labute approximate surface area is 137 Å². The van der Waals surface area contributed by atoms with Crippen LogP contribution in [-0.2, 0) is 10.0 Å². The molecule has 23 heavy (non-hydrogen) atoms. The number of hydrogen-bond donors (Lipinski definition) is 1. The molecule has 118 valence electrons. The summed E-state index contributed by atoms with van der Waals surface area (Å²) >= 11 is 1.26. The molecular formula is C13H11N6O2S2-. The third kappa shape index (κ3) is 4.67. The van der Waals surface area contributed by atoms with Crippen molar-refractivity contribution in [3.05, 3.63) is 47.4 Å². The summed E-state index contributed by atoms with van der Waals surface area (Å²) in [4.78, 5) is 11.7. The van der Waals surface area contributed by atoms with Gasteiger partial charge >= 0.3 is 0 Å². The molecule has 0 radical (unpaired) electrons. The van der Waals surface area contributed by atoms with Crippen LogP contribution in [0.2, 0.25) is 0 Å². The Bertz CT molecular complexity index is 829. The van der Waals surface area contributed by atoms with E-state index in [9.17, 15) is 8.42 Å². The van der Waals surface area contributed by atoms with Crippen LogP contribution in [0.15, 0.2) is 52.6 Å². The number of sulfonamides is 1. The summed E-state index contributed by atoms with van der Waals surface area (Å²) in [5, 5.41) is 11.4. The van der Waals surface area contributed by atoms with Crippen molar-refractivity contribution in [3.8, 4) is 6.19 Å². The lowest BCUT2D eigenvalue weighted by Gasteiger charge is -2.12. The van der Waals surface area contributed by atoms with Gasteiger partial charge in [0.15, 0.2) is 11.4 Å². The van der Waals surface area contributed by atoms with Gasteiger partial charge in [-0.25, -0.2) is 13.4 Å². The van der Waals surface area contributed by atoms with E-state index in [1.54, 1.807) is 18.5 Å². The van der Waals surface area contributed by atoms with Gasteiger partial charge in [-0.3, -0.25) is 10.0 Å². The monoisotopic (exact) mass is 347 g/mol. The Morgan fingerprint density at radius 1 is 1.30 bits per heavy atom. The highest BCUT2D eigenvalue weighted by molar-refractivity contribution is 8.13. The zero-order valence-corrected chi connectivity index (χ0v) is 13.5. The minimum Gasteiger partial charge on any atom is -0.366 e. The van der Waals surface area contributed by atoms with Gasteiger partial charge < -0.3 is 9.97 Å². The zero-order chi connectivity index (χ0) is 16.7. The molecule has 0 saturated carbocycles. The topological polar surface area (TPSA) is 122 Å². The van der Waals surface area contributed by atoms with Crippen LogP contribution in [-0.4, -0.2) is 29.8 Å². The second-order valence-corrected chi connectivity index (χ2v) is 6.37. The van der Waals surface area contributed by atoms with E-state index in [-0.39, 0.29) is 10.8 Å². The average molecular weight is 347 g/mol. The van der Waals surface area contributed by atoms with E-state index in [1.807, 2.05) is 0 Å². The Balaban J connectivity index is 2.20. The number of aliphatic imine (C=N–C) groups is 1. The van der Waals surface area contributed by atoms with Gasteiger partial charge in [0.05, 0.1) is 10.6 Å². The van der Waals surface area contributed by atoms with E-state index in [0.717, 1.165) is 0 Å². The van der Waals surface area contributed by atoms with Gasteiger partial charge in [-0.15, -0.1) is 0 Å². The SMILES string of the molecule is CSC(=Nc1ccc(S(=O)(=O)[N-]c2ncccn2)cc1)NC#N. The Morgan fingerprint density at radius 2 is 1.96 bits per heavy atom. The molecule has 1 heterocycles. The highest BCUT2D eigenvalue weighted by atomic mass is 32.2. The molecule has 0 aliphatic heterocycles. The molecule has 0 saturated heterocycles. The Kier molecular flexibility index (Phi) is 5.51. The van der Waals surface area contributed by atoms with Crippen LogP contribution in [0.3, 0.4) is 0 Å². The van der Waals surface area contributed by atoms with Crippen molar-refractivity contribution in [1.29, 1.82) is 5.26 Å². The molecule has 1 aromatic carbocycles. The van der Waals surface area contributed by atoms with Crippen LogP contribution < -0.4 is 5.32 Å². The quantitative estimate of drug-likeness (QED) is 0.389. The highest BCUT2D eigenvalue weighted by Gasteiger charge is 2.11. The number of hydrogen-bond acceptors (Lipinski definition) is 7. The number of aromatic nitrogens is 2. The lowest BCUT2D eigenvalue weighted by molar-refractivity contribution is 0.603. The van der Waals surface area contributed by atoms with Crippen molar-refractivity contribution in [2.24, 2.45) is 4.99 Å². The summed E-state index contributed by atoms with van der Waals surface area (Å²) in [6, 6.07) is 7.36. The van der Waals surface area contributed by atoms with Crippen LogP contribution in [0.1, 0.15) is 0 Å². The highest BCUT2D eigenvalue weighted by Crippen LogP contribution is 2.25. The van der Waals surface area contributed by atoms with Gasteiger partial charge in [-0.2, -0.15) is 5.26 Å². The fourth-order valence-electron chi connectivity index (χ4n) is 1.48. The number of thioether (sulfide) groups is 1. The molecule has 0 unspecified atom stereocenters. The fourth-order valence-corrected chi connectivity index (χ4v) is 2.72. The number of amidine groups is 1. The number of nitrogens with one attached hydrogen (secondary N) is 1. The fraction of sp³-hybridized carbons (Fsp3) is 0.0769. The van der Waals surface area contributed by atoms with Gasteiger partial charge in [0, 0.05) is 5.95 Å². The summed E-state index contributed by atoms with van der Waals surface area (Å²) in [6.45, 7) is 0. The summed E-state index contributed by atoms with van der Waals surface area (Å²) < 4.78 is 27.9. The van der Waals surface area contributed by atoms with E-state index in [4.69, 9.17) is 5.26 Å². The molecule has 1 N–H and O–H groups in total. The normalized spacial score (nSPS) is 11.6. The molecule has 1 aromatic heterocycles. The molecule has 0 spiro atoms. The molecule has 0 bridgehead atoms. The van der Waals surface area contributed by atoms with Crippen molar-refractivity contribution < 1.29 is 8.42 Å². The number of benzene rings is 1. The maximum atomic E-state index is 12.2. The molecule has 0 fully saturated rings. The van der Waals surface area contributed by atoms with Crippen molar-refractivity contribution in [1.82, 2.24) is 15.3 Å². The van der Waals surface area contributed by atoms with Gasteiger partial charge in [0.25, 0.3) is 0 Å². The first-order valence-electron chi connectivity index (χ1n) is 6.18. The van der Waals surface area contributed by atoms with Gasteiger partial charge in [0.2, 0.25) is 10.0 Å². The first-order valence-corrected chi connectivity index (χ1v) is 8.84.